The van der Waals surface area contributed by atoms with Crippen molar-refractivity contribution in [1.29, 1.82) is 0 Å². The average molecular weight is 245 g/mol. The topological polar surface area (TPSA) is 55.2 Å². The maximum absolute atomic E-state index is 5.31. The molecule has 2 aromatic rings. The summed E-state index contributed by atoms with van der Waals surface area (Å²) in [5.74, 6) is 1.62. The normalized spacial score (nSPS) is 15.7. The van der Waals surface area contributed by atoms with Crippen molar-refractivity contribution in [2.75, 3.05) is 36.6 Å². The van der Waals surface area contributed by atoms with Crippen molar-refractivity contribution < 1.29 is 4.74 Å². The van der Waals surface area contributed by atoms with Gasteiger partial charge in [0.2, 0.25) is 0 Å². The van der Waals surface area contributed by atoms with Crippen molar-refractivity contribution in [1.82, 2.24) is 14.9 Å². The highest BCUT2D eigenvalue weighted by molar-refractivity contribution is 5.43. The van der Waals surface area contributed by atoms with E-state index in [0.717, 1.165) is 37.9 Å². The molecular weight excluding hydrogens is 230 g/mol. The number of hydrogen-bond acceptors (Lipinski definition) is 5. The van der Waals surface area contributed by atoms with Gasteiger partial charge < -0.3 is 9.64 Å². The third kappa shape index (κ3) is 2.43. The lowest BCUT2D eigenvalue weighted by molar-refractivity contribution is 0.122. The van der Waals surface area contributed by atoms with E-state index in [4.69, 9.17) is 4.74 Å². The predicted molar refractivity (Wildman–Crippen MR) is 68.5 cm³/mol. The van der Waals surface area contributed by atoms with Gasteiger partial charge in [-0.2, -0.15) is 0 Å². The Hall–Kier alpha value is -2.08. The fourth-order valence-electron chi connectivity index (χ4n) is 1.89. The molecule has 3 rings (SSSR count). The number of rotatable bonds is 3. The highest BCUT2D eigenvalue weighted by Crippen LogP contribution is 2.13. The summed E-state index contributed by atoms with van der Waals surface area (Å²) in [5, 5.41) is 8.39. The second-order valence-corrected chi connectivity index (χ2v) is 4.08. The van der Waals surface area contributed by atoms with Crippen LogP contribution in [0.15, 0.2) is 36.7 Å². The van der Waals surface area contributed by atoms with Gasteiger partial charge in [0.15, 0.2) is 11.6 Å². The Kier molecular flexibility index (Phi) is 3.10. The molecule has 0 radical (unpaired) electrons. The quantitative estimate of drug-likeness (QED) is 0.874. The second-order valence-electron chi connectivity index (χ2n) is 4.08. The first-order valence-electron chi connectivity index (χ1n) is 5.98. The van der Waals surface area contributed by atoms with Gasteiger partial charge in [0.05, 0.1) is 13.2 Å². The van der Waals surface area contributed by atoms with Crippen LogP contribution >= 0.6 is 0 Å². The Morgan fingerprint density at radius 3 is 2.50 bits per heavy atom. The first-order valence-corrected chi connectivity index (χ1v) is 5.98. The first-order chi connectivity index (χ1) is 8.92. The van der Waals surface area contributed by atoms with Gasteiger partial charge in [-0.1, -0.05) is 0 Å². The van der Waals surface area contributed by atoms with Crippen LogP contribution in [0.1, 0.15) is 0 Å². The smallest absolute Gasteiger partial charge is 0.167 e. The van der Waals surface area contributed by atoms with Crippen molar-refractivity contribution in [3.05, 3.63) is 36.7 Å². The highest BCUT2D eigenvalue weighted by Gasteiger charge is 2.12. The summed E-state index contributed by atoms with van der Waals surface area (Å²) in [7, 11) is 0. The summed E-state index contributed by atoms with van der Waals surface area (Å²) in [5.41, 5.74) is 3.11. The van der Waals surface area contributed by atoms with Crippen LogP contribution in [-0.4, -0.2) is 41.2 Å². The SMILES string of the molecule is c1ccn(Nc2ccc(N3CCOCC3)nn2)c1. The van der Waals surface area contributed by atoms with Gasteiger partial charge >= 0.3 is 0 Å². The molecule has 1 fully saturated rings. The maximum atomic E-state index is 5.31. The predicted octanol–water partition coefficient (Wildman–Crippen LogP) is 0.990. The monoisotopic (exact) mass is 245 g/mol. The van der Waals surface area contributed by atoms with Crippen LogP contribution in [0.25, 0.3) is 0 Å². The summed E-state index contributed by atoms with van der Waals surface area (Å²) in [6, 6.07) is 7.80. The molecule has 94 valence electrons. The van der Waals surface area contributed by atoms with Crippen LogP contribution in [0.4, 0.5) is 11.6 Å². The van der Waals surface area contributed by atoms with E-state index in [1.807, 2.05) is 41.3 Å². The van der Waals surface area contributed by atoms with E-state index in [9.17, 15) is 0 Å². The third-order valence-corrected chi connectivity index (χ3v) is 2.83. The molecule has 6 heteroatoms. The van der Waals surface area contributed by atoms with Crippen molar-refractivity contribution >= 4 is 11.6 Å². The molecule has 0 aliphatic carbocycles. The van der Waals surface area contributed by atoms with Crippen LogP contribution in [0, 0.1) is 0 Å². The lowest BCUT2D eigenvalue weighted by Gasteiger charge is -2.27. The fraction of sp³-hybridized carbons (Fsp3) is 0.333. The minimum Gasteiger partial charge on any atom is -0.378 e. The molecule has 6 nitrogen and oxygen atoms in total. The fourth-order valence-corrected chi connectivity index (χ4v) is 1.89. The van der Waals surface area contributed by atoms with E-state index < -0.39 is 0 Å². The molecule has 2 aromatic heterocycles. The van der Waals surface area contributed by atoms with Gasteiger partial charge in [0.25, 0.3) is 0 Å². The number of anilines is 2. The molecule has 1 aliphatic heterocycles. The largest absolute Gasteiger partial charge is 0.378 e. The molecule has 0 aromatic carbocycles. The molecule has 0 bridgehead atoms. The zero-order chi connectivity index (χ0) is 12.2. The van der Waals surface area contributed by atoms with Crippen LogP contribution < -0.4 is 10.3 Å². The summed E-state index contributed by atoms with van der Waals surface area (Å²) < 4.78 is 7.14. The maximum Gasteiger partial charge on any atom is 0.167 e. The minimum atomic E-state index is 0.725. The van der Waals surface area contributed by atoms with Gasteiger partial charge in [-0.05, 0) is 24.3 Å². The number of ether oxygens (including phenoxy) is 1. The molecule has 0 amide bonds. The minimum absolute atomic E-state index is 0.725. The Morgan fingerprint density at radius 2 is 1.83 bits per heavy atom. The van der Waals surface area contributed by atoms with Gasteiger partial charge in [-0.15, -0.1) is 10.2 Å². The number of aromatic nitrogens is 3. The van der Waals surface area contributed by atoms with Crippen molar-refractivity contribution in [2.24, 2.45) is 0 Å². The van der Waals surface area contributed by atoms with Gasteiger partial charge in [-0.25, -0.2) is 0 Å². The molecule has 0 saturated carbocycles. The lowest BCUT2D eigenvalue weighted by atomic mass is 10.4. The van der Waals surface area contributed by atoms with E-state index in [1.165, 1.54) is 0 Å². The van der Waals surface area contributed by atoms with E-state index in [1.54, 1.807) is 0 Å². The zero-order valence-corrected chi connectivity index (χ0v) is 9.99. The Labute approximate surface area is 105 Å². The Bertz CT molecular complexity index is 476. The van der Waals surface area contributed by atoms with E-state index in [2.05, 4.69) is 20.5 Å². The highest BCUT2D eigenvalue weighted by atomic mass is 16.5. The van der Waals surface area contributed by atoms with Crippen LogP contribution in [-0.2, 0) is 4.74 Å². The number of morpholine rings is 1. The van der Waals surface area contributed by atoms with Gasteiger partial charge in [0.1, 0.15) is 0 Å². The van der Waals surface area contributed by atoms with Crippen LogP contribution in [0.3, 0.4) is 0 Å². The number of nitrogens with one attached hydrogen (secondary N) is 1. The standard InChI is InChI=1S/C12H15N5O/c1-2-6-17(5-1)15-11-3-4-12(14-13-11)16-7-9-18-10-8-16/h1-6H,7-10H2,(H,13,15). The van der Waals surface area contributed by atoms with Gasteiger partial charge in [0, 0.05) is 25.5 Å². The molecular formula is C12H15N5O. The van der Waals surface area contributed by atoms with Crippen molar-refractivity contribution in [3.63, 3.8) is 0 Å². The molecule has 3 heterocycles. The molecule has 0 spiro atoms. The summed E-state index contributed by atoms with van der Waals surface area (Å²) in [4.78, 5) is 2.18. The summed E-state index contributed by atoms with van der Waals surface area (Å²) >= 11 is 0. The summed E-state index contributed by atoms with van der Waals surface area (Å²) in [6.07, 6.45) is 3.83. The van der Waals surface area contributed by atoms with Gasteiger partial charge in [-0.3, -0.25) is 10.1 Å². The first kappa shape index (κ1) is 11.0. The molecule has 0 atom stereocenters. The molecule has 1 saturated heterocycles. The molecule has 0 unspecified atom stereocenters. The Morgan fingerprint density at radius 1 is 1.06 bits per heavy atom. The molecule has 1 aliphatic rings. The molecule has 1 N–H and O–H groups in total. The second kappa shape index (κ2) is 5.05. The average Bonchev–Trinajstić information content (AvgIpc) is 2.94. The van der Waals surface area contributed by atoms with E-state index >= 15 is 0 Å². The van der Waals surface area contributed by atoms with Crippen molar-refractivity contribution in [3.8, 4) is 0 Å². The number of hydrogen-bond donors (Lipinski definition) is 1. The van der Waals surface area contributed by atoms with E-state index in [0.29, 0.717) is 0 Å². The summed E-state index contributed by atoms with van der Waals surface area (Å²) in [6.45, 7) is 3.26. The van der Waals surface area contributed by atoms with E-state index in [-0.39, 0.29) is 0 Å². The van der Waals surface area contributed by atoms with Crippen LogP contribution in [0.2, 0.25) is 0 Å². The van der Waals surface area contributed by atoms with Crippen molar-refractivity contribution in [2.45, 2.75) is 0 Å². The molecule has 18 heavy (non-hydrogen) atoms. The number of nitrogens with zero attached hydrogens (tertiary/aromatic N) is 4. The van der Waals surface area contributed by atoms with Crippen LogP contribution in [0.5, 0.6) is 0 Å². The lowest BCUT2D eigenvalue weighted by Crippen LogP contribution is -2.36. The zero-order valence-electron chi connectivity index (χ0n) is 9.99. The third-order valence-electron chi connectivity index (χ3n) is 2.83. The Balaban J connectivity index is 1.68.